The number of carboxylic acids is 1. The number of rotatable bonds is 12. The summed E-state index contributed by atoms with van der Waals surface area (Å²) in [5, 5.41) is 18.3. The number of Topliss-reactive ketones (excluding diaryl/α,β-unsaturated/α-hetero) is 1. The number of carbonyl (C=O) groups excluding carboxylic acids is 2. The molecule has 0 amide bonds. The van der Waals surface area contributed by atoms with Crippen LogP contribution in [-0.4, -0.2) is 46.2 Å². The van der Waals surface area contributed by atoms with Gasteiger partial charge in [-0.15, -0.1) is 0 Å². The lowest BCUT2D eigenvalue weighted by atomic mass is 9.97. The lowest BCUT2D eigenvalue weighted by Gasteiger charge is -2.20. The standard InChI is InChI=1S/C21H28O7/c1-4-5-6-7-17(14-27-19(24)13-12-18(22)23)28-16-10-8-15(9-11-16)20(25)21(2,3)26/h8-13,17,26H,4-7,14H2,1-3H3,(H,22,23)/b13-12-. The summed E-state index contributed by atoms with van der Waals surface area (Å²) in [6, 6.07) is 6.39. The smallest absolute Gasteiger partial charge is 0.331 e. The van der Waals surface area contributed by atoms with Crippen molar-refractivity contribution in [2.24, 2.45) is 0 Å². The van der Waals surface area contributed by atoms with Gasteiger partial charge >= 0.3 is 11.9 Å². The summed E-state index contributed by atoms with van der Waals surface area (Å²) in [7, 11) is 0. The van der Waals surface area contributed by atoms with Crippen LogP contribution in [-0.2, 0) is 14.3 Å². The fourth-order valence-corrected chi connectivity index (χ4v) is 2.39. The highest BCUT2D eigenvalue weighted by molar-refractivity contribution is 6.01. The Morgan fingerprint density at radius 3 is 2.29 bits per heavy atom. The predicted molar refractivity (Wildman–Crippen MR) is 103 cm³/mol. The van der Waals surface area contributed by atoms with Crippen LogP contribution in [0.3, 0.4) is 0 Å². The fraction of sp³-hybridized carbons (Fsp3) is 0.476. The molecule has 0 bridgehead atoms. The van der Waals surface area contributed by atoms with Crippen molar-refractivity contribution in [3.8, 4) is 5.75 Å². The first-order valence-corrected chi connectivity index (χ1v) is 9.25. The highest BCUT2D eigenvalue weighted by atomic mass is 16.6. The molecule has 0 heterocycles. The van der Waals surface area contributed by atoms with Crippen molar-refractivity contribution < 1.29 is 34.1 Å². The summed E-state index contributed by atoms with van der Waals surface area (Å²) in [5.41, 5.74) is -1.09. The summed E-state index contributed by atoms with van der Waals surface area (Å²) in [4.78, 5) is 34.1. The van der Waals surface area contributed by atoms with Crippen LogP contribution in [0.15, 0.2) is 36.4 Å². The zero-order chi connectivity index (χ0) is 21.2. The maximum absolute atomic E-state index is 12.1. The number of ketones is 1. The predicted octanol–water partition coefficient (Wildman–Crippen LogP) is 3.15. The molecule has 154 valence electrons. The first-order chi connectivity index (χ1) is 13.1. The SMILES string of the molecule is CCCCCC(COC(=O)/C=C\C(=O)O)Oc1ccc(C(=O)C(C)(C)O)cc1. The van der Waals surface area contributed by atoms with E-state index in [0.29, 0.717) is 23.8 Å². The Balaban J connectivity index is 2.73. The van der Waals surface area contributed by atoms with E-state index in [9.17, 15) is 19.5 Å². The zero-order valence-corrected chi connectivity index (χ0v) is 16.5. The molecule has 1 rings (SSSR count). The van der Waals surface area contributed by atoms with Crippen LogP contribution in [0.25, 0.3) is 0 Å². The lowest BCUT2D eigenvalue weighted by Crippen LogP contribution is -2.31. The second-order valence-electron chi connectivity index (χ2n) is 6.95. The van der Waals surface area contributed by atoms with Gasteiger partial charge in [0.05, 0.1) is 0 Å². The molecule has 1 aromatic carbocycles. The third-order valence-electron chi connectivity index (χ3n) is 3.88. The lowest BCUT2D eigenvalue weighted by molar-refractivity contribution is -0.141. The van der Waals surface area contributed by atoms with Gasteiger partial charge in [-0.1, -0.05) is 19.8 Å². The van der Waals surface area contributed by atoms with E-state index < -0.39 is 29.4 Å². The van der Waals surface area contributed by atoms with Gasteiger partial charge in [-0.2, -0.15) is 0 Å². The van der Waals surface area contributed by atoms with E-state index in [1.807, 2.05) is 0 Å². The summed E-state index contributed by atoms with van der Waals surface area (Å²) in [5.74, 6) is -1.87. The minimum atomic E-state index is -1.46. The number of carbonyl (C=O) groups is 3. The number of aliphatic hydroxyl groups is 1. The van der Waals surface area contributed by atoms with Gasteiger partial charge in [0, 0.05) is 17.7 Å². The molecule has 2 N–H and O–H groups in total. The maximum Gasteiger partial charge on any atom is 0.331 e. The topological polar surface area (TPSA) is 110 Å². The van der Waals surface area contributed by atoms with E-state index in [-0.39, 0.29) is 6.61 Å². The van der Waals surface area contributed by atoms with E-state index >= 15 is 0 Å². The Morgan fingerprint density at radius 2 is 1.75 bits per heavy atom. The Kier molecular flexibility index (Phi) is 9.38. The molecule has 1 aromatic rings. The molecule has 1 atom stereocenters. The molecule has 0 saturated carbocycles. The minimum Gasteiger partial charge on any atom is -0.487 e. The molecular formula is C21H28O7. The van der Waals surface area contributed by atoms with E-state index in [4.69, 9.17) is 14.6 Å². The third kappa shape index (κ3) is 8.81. The van der Waals surface area contributed by atoms with Gasteiger partial charge < -0.3 is 19.7 Å². The van der Waals surface area contributed by atoms with Crippen LogP contribution in [0.1, 0.15) is 56.8 Å². The number of hydrogen-bond acceptors (Lipinski definition) is 6. The Bertz CT molecular complexity index is 684. The maximum atomic E-state index is 12.1. The second-order valence-corrected chi connectivity index (χ2v) is 6.95. The number of aliphatic carboxylic acids is 1. The van der Waals surface area contributed by atoms with Crippen molar-refractivity contribution in [2.45, 2.75) is 58.2 Å². The molecule has 7 heteroatoms. The normalized spacial score (nSPS) is 12.6. The highest BCUT2D eigenvalue weighted by Crippen LogP contribution is 2.19. The molecule has 0 spiro atoms. The van der Waals surface area contributed by atoms with Gasteiger partial charge in [0.25, 0.3) is 0 Å². The van der Waals surface area contributed by atoms with Gasteiger partial charge in [-0.05, 0) is 51.0 Å². The van der Waals surface area contributed by atoms with E-state index in [0.717, 1.165) is 25.3 Å². The third-order valence-corrected chi connectivity index (χ3v) is 3.88. The Morgan fingerprint density at radius 1 is 1.11 bits per heavy atom. The van der Waals surface area contributed by atoms with Crippen LogP contribution >= 0.6 is 0 Å². The number of ether oxygens (including phenoxy) is 2. The van der Waals surface area contributed by atoms with Crippen molar-refractivity contribution in [2.75, 3.05) is 6.61 Å². The molecule has 0 radical (unpaired) electrons. The molecule has 0 aliphatic rings. The summed E-state index contributed by atoms with van der Waals surface area (Å²) in [6.45, 7) is 4.91. The molecule has 0 saturated heterocycles. The molecule has 1 unspecified atom stereocenters. The first-order valence-electron chi connectivity index (χ1n) is 9.25. The number of hydrogen-bond donors (Lipinski definition) is 2. The van der Waals surface area contributed by atoms with Gasteiger partial charge in [0.15, 0.2) is 5.78 Å². The monoisotopic (exact) mass is 392 g/mol. The summed E-state index contributed by atoms with van der Waals surface area (Å²) in [6.07, 6.45) is 4.75. The van der Waals surface area contributed by atoms with Gasteiger partial charge in [0.1, 0.15) is 24.1 Å². The van der Waals surface area contributed by atoms with E-state index in [1.54, 1.807) is 24.3 Å². The Labute approximate surface area is 165 Å². The number of benzene rings is 1. The molecule has 28 heavy (non-hydrogen) atoms. The average Bonchev–Trinajstić information content (AvgIpc) is 2.63. The summed E-state index contributed by atoms with van der Waals surface area (Å²) >= 11 is 0. The van der Waals surface area contributed by atoms with Gasteiger partial charge in [-0.3, -0.25) is 4.79 Å². The van der Waals surface area contributed by atoms with E-state index in [1.165, 1.54) is 13.8 Å². The fourth-order valence-electron chi connectivity index (χ4n) is 2.39. The summed E-state index contributed by atoms with van der Waals surface area (Å²) < 4.78 is 10.9. The van der Waals surface area contributed by atoms with Crippen LogP contribution < -0.4 is 4.74 Å². The molecule has 0 aliphatic carbocycles. The van der Waals surface area contributed by atoms with Crippen molar-refractivity contribution in [1.82, 2.24) is 0 Å². The average molecular weight is 392 g/mol. The van der Waals surface area contributed by atoms with Gasteiger partial charge in [-0.25, -0.2) is 9.59 Å². The van der Waals surface area contributed by atoms with Crippen molar-refractivity contribution in [3.63, 3.8) is 0 Å². The zero-order valence-electron chi connectivity index (χ0n) is 16.5. The van der Waals surface area contributed by atoms with Crippen molar-refractivity contribution in [1.29, 1.82) is 0 Å². The first kappa shape index (κ1) is 23.4. The van der Waals surface area contributed by atoms with Crippen molar-refractivity contribution in [3.05, 3.63) is 42.0 Å². The molecular weight excluding hydrogens is 364 g/mol. The van der Waals surface area contributed by atoms with Crippen LogP contribution in [0.2, 0.25) is 0 Å². The van der Waals surface area contributed by atoms with Crippen LogP contribution in [0, 0.1) is 0 Å². The molecule has 0 aliphatic heterocycles. The number of unbranched alkanes of at least 4 members (excludes halogenated alkanes) is 2. The molecule has 7 nitrogen and oxygen atoms in total. The number of esters is 1. The van der Waals surface area contributed by atoms with Crippen molar-refractivity contribution >= 4 is 17.7 Å². The quantitative estimate of drug-likeness (QED) is 0.243. The number of carboxylic acid groups (broad SMARTS) is 1. The van der Waals surface area contributed by atoms with Gasteiger partial charge in [0.2, 0.25) is 0 Å². The molecule has 0 aromatic heterocycles. The van der Waals surface area contributed by atoms with Crippen LogP contribution in [0.5, 0.6) is 5.75 Å². The molecule has 0 fully saturated rings. The minimum absolute atomic E-state index is 0.0170. The Hall–Kier alpha value is -2.67. The van der Waals surface area contributed by atoms with E-state index in [2.05, 4.69) is 6.92 Å². The second kappa shape index (κ2) is 11.2. The highest BCUT2D eigenvalue weighted by Gasteiger charge is 2.25. The largest absolute Gasteiger partial charge is 0.487 e. The van der Waals surface area contributed by atoms with Crippen LogP contribution in [0.4, 0.5) is 0 Å².